The third kappa shape index (κ3) is 4.60. The first-order valence-corrected chi connectivity index (χ1v) is 8.99. The first kappa shape index (κ1) is 18.4. The molecule has 2 aromatic rings. The Morgan fingerprint density at radius 2 is 2.00 bits per heavy atom. The van der Waals surface area contributed by atoms with Gasteiger partial charge in [-0.3, -0.25) is 9.58 Å². The molecule has 26 heavy (non-hydrogen) atoms. The minimum atomic E-state index is -0.242. The molecule has 0 saturated carbocycles. The van der Waals surface area contributed by atoms with Crippen LogP contribution < -0.4 is 5.32 Å². The second kappa shape index (κ2) is 8.31. The summed E-state index contributed by atoms with van der Waals surface area (Å²) in [5.74, 6) is -0.242. The van der Waals surface area contributed by atoms with Gasteiger partial charge in [0.25, 0.3) is 0 Å². The number of carbonyl (C=O) groups excluding carboxylic acids is 1. The highest BCUT2D eigenvalue weighted by molar-refractivity contribution is 5.73. The molecule has 0 aliphatic carbocycles. The third-order valence-electron chi connectivity index (χ3n) is 4.81. The van der Waals surface area contributed by atoms with Crippen LogP contribution in [-0.2, 0) is 13.6 Å². The van der Waals surface area contributed by atoms with E-state index in [0.29, 0.717) is 13.1 Å². The molecule has 7 heteroatoms. The van der Waals surface area contributed by atoms with E-state index in [-0.39, 0.29) is 17.9 Å². The highest BCUT2D eigenvalue weighted by atomic mass is 19.1. The summed E-state index contributed by atoms with van der Waals surface area (Å²) < 4.78 is 15.0. The molecule has 1 atom stereocenters. The first-order chi connectivity index (χ1) is 12.5. The number of rotatable bonds is 6. The number of amides is 2. The van der Waals surface area contributed by atoms with E-state index < -0.39 is 0 Å². The van der Waals surface area contributed by atoms with Crippen LogP contribution in [0.15, 0.2) is 36.7 Å². The van der Waals surface area contributed by atoms with Crippen LogP contribution in [0.2, 0.25) is 0 Å². The number of urea groups is 1. The summed E-state index contributed by atoms with van der Waals surface area (Å²) in [6.07, 6.45) is 5.98. The van der Waals surface area contributed by atoms with Gasteiger partial charge in [0.05, 0.1) is 18.8 Å². The quantitative estimate of drug-likeness (QED) is 0.862. The van der Waals surface area contributed by atoms with E-state index in [2.05, 4.69) is 15.3 Å². The van der Waals surface area contributed by atoms with Crippen LogP contribution in [0.5, 0.6) is 0 Å². The molecule has 2 heterocycles. The van der Waals surface area contributed by atoms with Crippen molar-refractivity contribution in [2.75, 3.05) is 26.7 Å². The van der Waals surface area contributed by atoms with Crippen LogP contribution in [0.4, 0.5) is 9.18 Å². The van der Waals surface area contributed by atoms with Crippen molar-refractivity contribution >= 4 is 6.03 Å². The lowest BCUT2D eigenvalue weighted by Crippen LogP contribution is -2.42. The lowest BCUT2D eigenvalue weighted by Gasteiger charge is -2.29. The van der Waals surface area contributed by atoms with Crippen LogP contribution in [0.3, 0.4) is 0 Å². The average molecular weight is 359 g/mol. The Morgan fingerprint density at radius 1 is 1.31 bits per heavy atom. The van der Waals surface area contributed by atoms with E-state index in [4.69, 9.17) is 0 Å². The van der Waals surface area contributed by atoms with Gasteiger partial charge in [0, 0.05) is 32.4 Å². The molecule has 140 valence electrons. The van der Waals surface area contributed by atoms with Crippen LogP contribution >= 0.6 is 0 Å². The van der Waals surface area contributed by atoms with Gasteiger partial charge in [-0.15, -0.1) is 0 Å². The van der Waals surface area contributed by atoms with Gasteiger partial charge in [-0.05, 0) is 43.6 Å². The minimum absolute atomic E-state index is 0.0637. The summed E-state index contributed by atoms with van der Waals surface area (Å²) in [6.45, 7) is 3.01. The summed E-state index contributed by atoms with van der Waals surface area (Å²) in [7, 11) is 3.62. The molecule has 1 aromatic heterocycles. The number of aryl methyl sites for hydroxylation is 1. The Morgan fingerprint density at radius 3 is 2.62 bits per heavy atom. The molecule has 1 aliphatic rings. The summed E-state index contributed by atoms with van der Waals surface area (Å²) >= 11 is 0. The highest BCUT2D eigenvalue weighted by Gasteiger charge is 2.24. The number of benzene rings is 1. The number of likely N-dealkylation sites (tertiary alicyclic amines) is 1. The Balaban J connectivity index is 1.61. The largest absolute Gasteiger partial charge is 0.336 e. The van der Waals surface area contributed by atoms with Crippen molar-refractivity contribution in [1.82, 2.24) is 24.9 Å². The van der Waals surface area contributed by atoms with Crippen molar-refractivity contribution in [2.24, 2.45) is 7.05 Å². The van der Waals surface area contributed by atoms with Gasteiger partial charge in [0.1, 0.15) is 5.82 Å². The van der Waals surface area contributed by atoms with Gasteiger partial charge in [0.15, 0.2) is 0 Å². The number of nitrogens with one attached hydrogen (secondary N) is 1. The van der Waals surface area contributed by atoms with Gasteiger partial charge < -0.3 is 10.2 Å². The predicted molar refractivity (Wildman–Crippen MR) is 98.0 cm³/mol. The van der Waals surface area contributed by atoms with Gasteiger partial charge in [-0.25, -0.2) is 9.18 Å². The smallest absolute Gasteiger partial charge is 0.317 e. The number of carbonyl (C=O) groups is 1. The molecule has 1 saturated heterocycles. The summed E-state index contributed by atoms with van der Waals surface area (Å²) in [6, 6.07) is 6.52. The van der Waals surface area contributed by atoms with Crippen molar-refractivity contribution < 1.29 is 9.18 Å². The molecule has 0 unspecified atom stereocenters. The molecular formula is C19H26FN5O. The zero-order chi connectivity index (χ0) is 18.5. The fraction of sp³-hybridized carbons (Fsp3) is 0.474. The van der Waals surface area contributed by atoms with Crippen molar-refractivity contribution in [3.8, 4) is 0 Å². The fourth-order valence-corrected chi connectivity index (χ4v) is 3.41. The zero-order valence-electron chi connectivity index (χ0n) is 15.4. The highest BCUT2D eigenvalue weighted by Crippen LogP contribution is 2.24. The Labute approximate surface area is 153 Å². The minimum Gasteiger partial charge on any atom is -0.336 e. The topological polar surface area (TPSA) is 53.4 Å². The number of aromatic nitrogens is 2. The molecule has 3 rings (SSSR count). The van der Waals surface area contributed by atoms with Crippen molar-refractivity contribution in [3.05, 3.63) is 53.6 Å². The van der Waals surface area contributed by atoms with E-state index >= 15 is 0 Å². The van der Waals surface area contributed by atoms with Gasteiger partial charge in [-0.1, -0.05) is 12.1 Å². The average Bonchev–Trinajstić information content (AvgIpc) is 3.28. The zero-order valence-corrected chi connectivity index (χ0v) is 15.4. The second-order valence-electron chi connectivity index (χ2n) is 6.87. The normalized spacial score (nSPS) is 15.8. The number of halogens is 1. The van der Waals surface area contributed by atoms with Gasteiger partial charge >= 0.3 is 6.03 Å². The maximum Gasteiger partial charge on any atom is 0.317 e. The molecule has 0 bridgehead atoms. The van der Waals surface area contributed by atoms with Crippen LogP contribution in [0.1, 0.15) is 30.0 Å². The maximum absolute atomic E-state index is 13.3. The Hall–Kier alpha value is -2.41. The number of hydrogen-bond donors (Lipinski definition) is 1. The molecule has 1 aromatic carbocycles. The molecule has 1 fully saturated rings. The molecular weight excluding hydrogens is 333 g/mol. The standard InChI is InChI=1S/C19H26FN5O/c1-23(13-15-11-22-24(2)14-15)19(26)21-12-18(25-9-3-4-10-25)16-5-7-17(20)8-6-16/h5-8,11,14,18H,3-4,9-10,12-13H2,1-2H3,(H,21,26)/t18-/m0/s1. The van der Waals surface area contributed by atoms with Crippen molar-refractivity contribution in [2.45, 2.75) is 25.4 Å². The number of nitrogens with zero attached hydrogens (tertiary/aromatic N) is 4. The summed E-state index contributed by atoms with van der Waals surface area (Å²) in [5.41, 5.74) is 2.02. The predicted octanol–water partition coefficient (Wildman–Crippen LogP) is 2.54. The van der Waals surface area contributed by atoms with Crippen molar-refractivity contribution in [3.63, 3.8) is 0 Å². The first-order valence-electron chi connectivity index (χ1n) is 8.99. The third-order valence-corrected chi connectivity index (χ3v) is 4.81. The van der Waals surface area contributed by atoms with Crippen LogP contribution in [-0.4, -0.2) is 52.3 Å². The van der Waals surface area contributed by atoms with E-state index in [1.54, 1.807) is 22.8 Å². The second-order valence-corrected chi connectivity index (χ2v) is 6.87. The molecule has 2 amide bonds. The fourth-order valence-electron chi connectivity index (χ4n) is 3.41. The molecule has 6 nitrogen and oxygen atoms in total. The molecule has 1 N–H and O–H groups in total. The lowest BCUT2D eigenvalue weighted by atomic mass is 10.1. The molecule has 0 spiro atoms. The van der Waals surface area contributed by atoms with E-state index in [0.717, 1.165) is 37.1 Å². The van der Waals surface area contributed by atoms with Crippen molar-refractivity contribution in [1.29, 1.82) is 0 Å². The Kier molecular flexibility index (Phi) is 5.88. The van der Waals surface area contributed by atoms with Crippen LogP contribution in [0.25, 0.3) is 0 Å². The summed E-state index contributed by atoms with van der Waals surface area (Å²) in [5, 5.41) is 7.15. The van der Waals surface area contributed by atoms with E-state index in [1.807, 2.05) is 25.4 Å². The van der Waals surface area contributed by atoms with Crippen LogP contribution in [0, 0.1) is 5.82 Å². The van der Waals surface area contributed by atoms with E-state index in [9.17, 15) is 9.18 Å². The molecule has 1 aliphatic heterocycles. The Bertz CT molecular complexity index is 724. The van der Waals surface area contributed by atoms with E-state index in [1.165, 1.54) is 12.1 Å². The monoisotopic (exact) mass is 359 g/mol. The summed E-state index contributed by atoms with van der Waals surface area (Å²) in [4.78, 5) is 16.5. The lowest BCUT2D eigenvalue weighted by molar-refractivity contribution is 0.195. The number of hydrogen-bond acceptors (Lipinski definition) is 3. The molecule has 0 radical (unpaired) electrons. The van der Waals surface area contributed by atoms with Gasteiger partial charge in [-0.2, -0.15) is 5.10 Å². The SMILES string of the molecule is CN(Cc1cnn(C)c1)C(=O)NC[C@@H](c1ccc(F)cc1)N1CCCC1. The maximum atomic E-state index is 13.3. The van der Waals surface area contributed by atoms with Gasteiger partial charge in [0.2, 0.25) is 0 Å².